The number of hydrogen-bond acceptors (Lipinski definition) is 10. The molecule has 0 aliphatic heterocycles. The number of rotatable bonds is 4. The van der Waals surface area contributed by atoms with Gasteiger partial charge in [-0.3, -0.25) is 0 Å². The van der Waals surface area contributed by atoms with Crippen LogP contribution < -0.4 is 11.5 Å². The average Bonchev–Trinajstić information content (AvgIpc) is 3.70. The molecule has 4 aromatic heterocycles. The van der Waals surface area contributed by atoms with Gasteiger partial charge in [-0.05, 0) is 12.8 Å². The Labute approximate surface area is 250 Å². The summed E-state index contributed by atoms with van der Waals surface area (Å²) in [6.07, 6.45) is 13.1. The van der Waals surface area contributed by atoms with Crippen molar-refractivity contribution >= 4 is 94.7 Å². The number of allylic oxidation sites excluding steroid dienone is 2. The van der Waals surface area contributed by atoms with Gasteiger partial charge in [0.05, 0.1) is 24.7 Å². The van der Waals surface area contributed by atoms with E-state index >= 15 is 0 Å². The first-order valence-corrected chi connectivity index (χ1v) is 18.5. The van der Waals surface area contributed by atoms with Gasteiger partial charge in [-0.25, -0.2) is 9.97 Å². The van der Waals surface area contributed by atoms with Crippen LogP contribution in [0.5, 0.6) is 0 Å². The number of aliphatic hydroxyl groups is 2. The van der Waals surface area contributed by atoms with Crippen LogP contribution in [0.2, 0.25) is 10.3 Å². The third kappa shape index (κ3) is 6.14. The van der Waals surface area contributed by atoms with E-state index in [1.54, 1.807) is 12.7 Å². The van der Waals surface area contributed by atoms with Gasteiger partial charge in [-0.1, -0.05) is 47.5 Å². The van der Waals surface area contributed by atoms with Gasteiger partial charge >= 0.3 is 0 Å². The molecule has 0 saturated carbocycles. The molecule has 0 aromatic carbocycles. The van der Waals surface area contributed by atoms with E-state index < -0.39 is 0 Å². The molecule has 0 spiro atoms. The van der Waals surface area contributed by atoms with Crippen LogP contribution in [0, 0.1) is 11.8 Å². The lowest BCUT2D eigenvalue weighted by molar-refractivity contribution is 0.244. The first kappa shape index (κ1) is 29.1. The highest BCUT2D eigenvalue weighted by molar-refractivity contribution is 15.0. The van der Waals surface area contributed by atoms with Gasteiger partial charge in [0.1, 0.15) is 11.0 Å². The Hall–Kier alpha value is -1.86. The zero-order valence-corrected chi connectivity index (χ0v) is 25.6. The average molecular weight is 785 g/mol. The number of fused-ring (bicyclic) bond motifs is 2. The van der Waals surface area contributed by atoms with Gasteiger partial charge in [0.25, 0.3) is 0 Å². The summed E-state index contributed by atoms with van der Waals surface area (Å²) in [4.78, 5) is 24.5. The van der Waals surface area contributed by atoms with Crippen LogP contribution in [0.4, 0.5) is 11.9 Å². The number of aromatic nitrogens is 8. The second-order valence-corrected chi connectivity index (χ2v) is 9.37. The van der Waals surface area contributed by atoms with E-state index in [1.165, 1.54) is 0 Å². The van der Waals surface area contributed by atoms with Gasteiger partial charge in [-0.2, -0.15) is 19.9 Å². The Morgan fingerprint density at radius 3 is 1.47 bits per heavy atom. The molecule has 2 aliphatic carbocycles. The molecule has 4 unspecified atom stereocenters. The third-order valence-corrected chi connectivity index (χ3v) is 6.80. The van der Waals surface area contributed by atoms with Crippen LogP contribution in [0.1, 0.15) is 24.9 Å². The minimum absolute atomic E-state index is 0.123. The SMILES string of the molecule is II.Nc1nc(Cl)c2ncn(C3C=CC(CO)C3)c2n1.Nc1nc(Cl)c2ncn(C3C=CC(CO)C3)c2n1. The Bertz CT molecular complexity index is 1370. The molecular weight excluding hydrogens is 761 g/mol. The number of nitrogens with zero attached hydrogens (tertiary/aromatic N) is 8. The van der Waals surface area contributed by atoms with E-state index in [0.717, 1.165) is 12.8 Å². The number of nitrogens with two attached hydrogens (primary N) is 2. The van der Waals surface area contributed by atoms with E-state index in [1.807, 2.05) is 33.4 Å². The maximum atomic E-state index is 9.14. The normalized spacial score (nSPS) is 21.9. The number of imidazole rings is 2. The molecule has 38 heavy (non-hydrogen) atoms. The fourth-order valence-electron chi connectivity index (χ4n) is 4.47. The van der Waals surface area contributed by atoms with Crippen LogP contribution in [0.3, 0.4) is 0 Å². The van der Waals surface area contributed by atoms with Crippen molar-refractivity contribution in [1.29, 1.82) is 0 Å². The summed E-state index contributed by atoms with van der Waals surface area (Å²) in [6.45, 7) is 0.301. The fraction of sp³-hybridized carbons (Fsp3) is 0.364. The van der Waals surface area contributed by atoms with Gasteiger partial charge in [0, 0.05) is 62.3 Å². The molecule has 12 nitrogen and oxygen atoms in total. The quantitative estimate of drug-likeness (QED) is 0.134. The van der Waals surface area contributed by atoms with Crippen LogP contribution in [-0.4, -0.2) is 62.5 Å². The maximum Gasteiger partial charge on any atom is 0.223 e. The van der Waals surface area contributed by atoms with Crippen molar-refractivity contribution in [2.75, 3.05) is 24.7 Å². The molecule has 0 saturated heterocycles. The predicted molar refractivity (Wildman–Crippen MR) is 164 cm³/mol. The largest absolute Gasteiger partial charge is 0.396 e. The second kappa shape index (κ2) is 13.0. The number of aliphatic hydroxyl groups excluding tert-OH is 2. The highest BCUT2D eigenvalue weighted by Gasteiger charge is 2.24. The number of hydrogen-bond donors (Lipinski definition) is 4. The topological polar surface area (TPSA) is 180 Å². The molecule has 16 heteroatoms. The zero-order chi connectivity index (χ0) is 27.4. The summed E-state index contributed by atoms with van der Waals surface area (Å²) in [5.41, 5.74) is 13.5. The monoisotopic (exact) mass is 784 g/mol. The van der Waals surface area contributed by atoms with Crippen molar-refractivity contribution in [1.82, 2.24) is 39.0 Å². The van der Waals surface area contributed by atoms with Crippen LogP contribution >= 0.6 is 60.4 Å². The number of nitrogen functional groups attached to an aromatic ring is 2. The number of halogens is 4. The zero-order valence-electron chi connectivity index (χ0n) is 19.7. The van der Waals surface area contributed by atoms with Gasteiger partial charge in [0.2, 0.25) is 11.9 Å². The van der Waals surface area contributed by atoms with Crippen LogP contribution in [0.25, 0.3) is 22.3 Å². The van der Waals surface area contributed by atoms with E-state index in [2.05, 4.69) is 67.1 Å². The molecule has 0 bridgehead atoms. The molecule has 4 aromatic rings. The van der Waals surface area contributed by atoms with Crippen molar-refractivity contribution < 1.29 is 10.2 Å². The Balaban J connectivity index is 0.000000166. The molecule has 0 fully saturated rings. The lowest BCUT2D eigenvalue weighted by atomic mass is 10.1. The molecule has 4 heterocycles. The summed E-state index contributed by atoms with van der Waals surface area (Å²) in [6, 6.07) is 0.245. The van der Waals surface area contributed by atoms with E-state index in [9.17, 15) is 0 Å². The summed E-state index contributed by atoms with van der Waals surface area (Å²) >= 11 is 16.2. The Kier molecular flexibility index (Phi) is 9.96. The first-order valence-electron chi connectivity index (χ1n) is 11.4. The van der Waals surface area contributed by atoms with Crippen molar-refractivity contribution in [3.63, 3.8) is 0 Å². The number of anilines is 2. The van der Waals surface area contributed by atoms with E-state index in [4.69, 9.17) is 44.9 Å². The summed E-state index contributed by atoms with van der Waals surface area (Å²) in [5, 5.41) is 18.8. The Morgan fingerprint density at radius 2 is 1.13 bits per heavy atom. The predicted octanol–water partition coefficient (Wildman–Crippen LogP) is 4.11. The molecule has 6 N–H and O–H groups in total. The third-order valence-electron chi connectivity index (χ3n) is 6.28. The highest BCUT2D eigenvalue weighted by atomic mass is 128. The lowest BCUT2D eigenvalue weighted by Gasteiger charge is -2.12. The van der Waals surface area contributed by atoms with E-state index in [-0.39, 0.29) is 59.3 Å². The minimum Gasteiger partial charge on any atom is -0.396 e. The van der Waals surface area contributed by atoms with Gasteiger partial charge in [0.15, 0.2) is 21.6 Å². The molecule has 0 amide bonds. The molecule has 6 rings (SSSR count). The van der Waals surface area contributed by atoms with Crippen molar-refractivity contribution in [3.05, 3.63) is 47.3 Å². The Morgan fingerprint density at radius 1 is 0.737 bits per heavy atom. The summed E-state index contributed by atoms with van der Waals surface area (Å²) < 4.78 is 3.82. The van der Waals surface area contributed by atoms with Crippen molar-refractivity contribution in [3.8, 4) is 0 Å². The fourth-order valence-corrected chi connectivity index (χ4v) is 4.91. The van der Waals surface area contributed by atoms with Crippen LogP contribution in [-0.2, 0) is 0 Å². The first-order chi connectivity index (χ1) is 18.4. The molecule has 0 radical (unpaired) electrons. The smallest absolute Gasteiger partial charge is 0.223 e. The summed E-state index contributed by atoms with van der Waals surface area (Å²) in [7, 11) is 0. The minimum atomic E-state index is 0.123. The second-order valence-electron chi connectivity index (χ2n) is 8.65. The van der Waals surface area contributed by atoms with Gasteiger partial charge < -0.3 is 30.8 Å². The van der Waals surface area contributed by atoms with E-state index in [0.29, 0.717) is 22.3 Å². The van der Waals surface area contributed by atoms with Crippen LogP contribution in [0.15, 0.2) is 37.0 Å². The highest BCUT2D eigenvalue weighted by Crippen LogP contribution is 2.32. The van der Waals surface area contributed by atoms with Crippen molar-refractivity contribution in [2.45, 2.75) is 24.9 Å². The van der Waals surface area contributed by atoms with Crippen molar-refractivity contribution in [2.24, 2.45) is 11.8 Å². The molecule has 2 aliphatic rings. The standard InChI is InChI=1S/2C11H12ClN5O.I2/c2*12-9-8-10(16-11(13)15-9)17(5-14-8)7-2-1-6(3-7)4-18;1-2/h2*1-2,5-7,18H,3-4H2,(H2,13,15,16);. The molecule has 4 atom stereocenters. The summed E-state index contributed by atoms with van der Waals surface area (Å²) in [5.74, 6) is 0.633. The maximum absolute atomic E-state index is 9.14. The van der Waals surface area contributed by atoms with Gasteiger partial charge in [-0.15, -0.1) is 0 Å². The molecule has 202 valence electrons. The lowest BCUT2D eigenvalue weighted by Crippen LogP contribution is -2.08. The molecular formula is C22H24Cl2I2N10O2.